The molecule has 0 unspecified atom stereocenters. The molecule has 0 bridgehead atoms. The second-order valence-electron chi connectivity index (χ2n) is 4.01. The van der Waals surface area contributed by atoms with E-state index >= 15 is 0 Å². The van der Waals surface area contributed by atoms with Gasteiger partial charge in [0, 0.05) is 30.2 Å². The van der Waals surface area contributed by atoms with Gasteiger partial charge in [0.15, 0.2) is 0 Å². The van der Waals surface area contributed by atoms with Crippen LogP contribution in [0.5, 0.6) is 0 Å². The molecule has 110 valence electrons. The predicted octanol–water partition coefficient (Wildman–Crippen LogP) is 1.79. The first kappa shape index (κ1) is 16.5. The third kappa shape index (κ3) is 5.63. The van der Waals surface area contributed by atoms with Gasteiger partial charge in [0.2, 0.25) is 0 Å². The van der Waals surface area contributed by atoms with Crippen LogP contribution in [0.2, 0.25) is 0 Å². The number of rotatable bonds is 3. The number of nitrogens with two attached hydrogens (primary N) is 1. The lowest BCUT2D eigenvalue weighted by Crippen LogP contribution is -1.92. The van der Waals surface area contributed by atoms with Crippen LogP contribution < -0.4 is 5.73 Å². The van der Waals surface area contributed by atoms with Crippen LogP contribution in [-0.2, 0) is 12.8 Å². The Morgan fingerprint density at radius 1 is 1.09 bits per heavy atom. The van der Waals surface area contributed by atoms with E-state index in [9.17, 15) is 10.1 Å². The highest BCUT2D eigenvalue weighted by Gasteiger charge is 2.05. The maximum Gasteiger partial charge on any atom is 0.272 e. The van der Waals surface area contributed by atoms with Crippen molar-refractivity contribution in [3.63, 3.8) is 0 Å². The van der Waals surface area contributed by atoms with Gasteiger partial charge in [-0.1, -0.05) is 0 Å². The molecule has 0 amide bonds. The van der Waals surface area contributed by atoms with Crippen LogP contribution in [0.3, 0.4) is 0 Å². The summed E-state index contributed by atoms with van der Waals surface area (Å²) in [6, 6.07) is 9.84. The summed E-state index contributed by atoms with van der Waals surface area (Å²) in [5.41, 5.74) is 7.21. The van der Waals surface area contributed by atoms with Crippen LogP contribution >= 0.6 is 0 Å². The zero-order valence-corrected chi connectivity index (χ0v) is 11.5. The maximum atomic E-state index is 10.3. The molecular formula is C14H12N6O2. The van der Waals surface area contributed by atoms with Crippen molar-refractivity contribution in [2.45, 2.75) is 12.8 Å². The minimum Gasteiger partial charge on any atom is -0.399 e. The van der Waals surface area contributed by atoms with Crippen molar-refractivity contribution in [3.8, 4) is 12.1 Å². The van der Waals surface area contributed by atoms with Gasteiger partial charge < -0.3 is 5.73 Å². The summed E-state index contributed by atoms with van der Waals surface area (Å²) in [6.45, 7) is 0. The lowest BCUT2D eigenvalue weighted by Gasteiger charge is -1.93. The molecule has 8 heteroatoms. The molecule has 2 heterocycles. The van der Waals surface area contributed by atoms with Gasteiger partial charge >= 0.3 is 0 Å². The van der Waals surface area contributed by atoms with Crippen LogP contribution in [0.4, 0.5) is 11.4 Å². The Bertz CT molecular complexity index is 733. The summed E-state index contributed by atoms with van der Waals surface area (Å²) in [6.07, 6.45) is 3.35. The van der Waals surface area contributed by atoms with Gasteiger partial charge in [-0.15, -0.1) is 0 Å². The summed E-state index contributed by atoms with van der Waals surface area (Å²) < 4.78 is 0. The number of aromatic nitrogens is 2. The number of nitro groups is 1. The zero-order chi connectivity index (χ0) is 16.4. The summed E-state index contributed by atoms with van der Waals surface area (Å²) in [5.74, 6) is 0. The van der Waals surface area contributed by atoms with E-state index in [4.69, 9.17) is 16.3 Å². The fourth-order valence-electron chi connectivity index (χ4n) is 1.43. The maximum absolute atomic E-state index is 10.3. The van der Waals surface area contributed by atoms with Crippen molar-refractivity contribution in [1.29, 1.82) is 10.5 Å². The lowest BCUT2D eigenvalue weighted by molar-refractivity contribution is -0.385. The van der Waals surface area contributed by atoms with Gasteiger partial charge in [0.25, 0.3) is 5.69 Å². The van der Waals surface area contributed by atoms with Gasteiger partial charge in [-0.2, -0.15) is 10.5 Å². The number of pyridine rings is 2. The number of hydrogen-bond donors (Lipinski definition) is 1. The Kier molecular flexibility index (Phi) is 6.47. The molecule has 0 radical (unpaired) electrons. The van der Waals surface area contributed by atoms with Crippen LogP contribution in [-0.4, -0.2) is 14.9 Å². The number of nitrogens with zero attached hydrogens (tertiary/aromatic N) is 5. The molecule has 0 atom stereocenters. The SMILES string of the molecule is N#CCc1cc(N)ccn1.N#CCc1cc([N+](=O)[O-])ccn1. The quantitative estimate of drug-likeness (QED) is 0.671. The molecule has 2 N–H and O–H groups in total. The topological polar surface area (TPSA) is 143 Å². The monoisotopic (exact) mass is 296 g/mol. The molecule has 0 saturated carbocycles. The molecule has 0 aliphatic heterocycles. The van der Waals surface area contributed by atoms with E-state index in [1.54, 1.807) is 18.3 Å². The van der Waals surface area contributed by atoms with E-state index < -0.39 is 4.92 Å². The van der Waals surface area contributed by atoms with Gasteiger partial charge in [-0.05, 0) is 12.1 Å². The molecule has 0 aliphatic rings. The number of nitriles is 2. The molecule has 0 aliphatic carbocycles. The van der Waals surface area contributed by atoms with Crippen LogP contribution in [0.25, 0.3) is 0 Å². The molecule has 22 heavy (non-hydrogen) atoms. The first-order valence-corrected chi connectivity index (χ1v) is 6.10. The lowest BCUT2D eigenvalue weighted by atomic mass is 10.3. The number of anilines is 1. The third-order valence-corrected chi connectivity index (χ3v) is 2.37. The van der Waals surface area contributed by atoms with Crippen molar-refractivity contribution in [2.24, 2.45) is 0 Å². The number of nitrogen functional groups attached to an aromatic ring is 1. The van der Waals surface area contributed by atoms with Crippen molar-refractivity contribution >= 4 is 11.4 Å². The Labute approximate surface area is 126 Å². The van der Waals surface area contributed by atoms with E-state index in [-0.39, 0.29) is 12.1 Å². The zero-order valence-electron chi connectivity index (χ0n) is 11.5. The highest BCUT2D eigenvalue weighted by molar-refractivity contribution is 5.37. The molecule has 0 spiro atoms. The van der Waals surface area contributed by atoms with E-state index in [1.165, 1.54) is 18.3 Å². The van der Waals surface area contributed by atoms with Crippen molar-refractivity contribution in [3.05, 3.63) is 58.2 Å². The molecule has 2 aromatic heterocycles. The summed E-state index contributed by atoms with van der Waals surface area (Å²) >= 11 is 0. The fraction of sp³-hybridized carbons (Fsp3) is 0.143. The molecule has 8 nitrogen and oxygen atoms in total. The van der Waals surface area contributed by atoms with Crippen LogP contribution in [0.1, 0.15) is 11.4 Å². The minimum atomic E-state index is -0.511. The van der Waals surface area contributed by atoms with Gasteiger partial charge in [-0.25, -0.2) is 0 Å². The van der Waals surface area contributed by atoms with E-state index in [1.807, 2.05) is 12.1 Å². The largest absolute Gasteiger partial charge is 0.399 e. The fourth-order valence-corrected chi connectivity index (χ4v) is 1.43. The Hall–Kier alpha value is -3.52. The standard InChI is InChI=1S/C7H5N3O2.C7H7N3/c8-3-1-6-5-7(10(11)12)2-4-9-6;8-3-1-7-5-6(9)2-4-10-7/h2,4-5H,1H2;2,4-5H,1H2,(H2,9,10). The first-order valence-electron chi connectivity index (χ1n) is 6.10. The smallest absolute Gasteiger partial charge is 0.272 e. The second-order valence-corrected chi connectivity index (χ2v) is 4.01. The first-order chi connectivity index (χ1) is 10.6. The summed E-state index contributed by atoms with van der Waals surface area (Å²) in [5, 5.41) is 26.8. The average Bonchev–Trinajstić information content (AvgIpc) is 2.49. The van der Waals surface area contributed by atoms with Crippen molar-refractivity contribution in [1.82, 2.24) is 9.97 Å². The number of hydrogen-bond acceptors (Lipinski definition) is 7. The van der Waals surface area contributed by atoms with Crippen LogP contribution in [0, 0.1) is 32.8 Å². The molecule has 2 rings (SSSR count). The normalized spacial score (nSPS) is 8.82. The Balaban J connectivity index is 0.000000224. The highest BCUT2D eigenvalue weighted by atomic mass is 16.6. The van der Waals surface area contributed by atoms with Gasteiger partial charge in [0.1, 0.15) is 0 Å². The molecule has 0 aromatic carbocycles. The molecule has 0 fully saturated rings. The van der Waals surface area contributed by atoms with Crippen molar-refractivity contribution < 1.29 is 4.92 Å². The van der Waals surface area contributed by atoms with Gasteiger partial charge in [-0.3, -0.25) is 20.1 Å². The second kappa shape index (κ2) is 8.61. The van der Waals surface area contributed by atoms with Gasteiger partial charge in [0.05, 0.1) is 41.3 Å². The summed E-state index contributed by atoms with van der Waals surface area (Å²) in [7, 11) is 0. The summed E-state index contributed by atoms with van der Waals surface area (Å²) in [4.78, 5) is 17.5. The van der Waals surface area contributed by atoms with E-state index in [0.717, 1.165) is 5.69 Å². The minimum absolute atomic E-state index is 0.0322. The van der Waals surface area contributed by atoms with Crippen LogP contribution in [0.15, 0.2) is 36.7 Å². The van der Waals surface area contributed by atoms with E-state index in [2.05, 4.69) is 9.97 Å². The van der Waals surface area contributed by atoms with E-state index in [0.29, 0.717) is 17.8 Å². The average molecular weight is 296 g/mol. The Morgan fingerprint density at radius 2 is 1.64 bits per heavy atom. The molecular weight excluding hydrogens is 284 g/mol. The Morgan fingerprint density at radius 3 is 2.14 bits per heavy atom. The predicted molar refractivity (Wildman–Crippen MR) is 78.2 cm³/mol. The third-order valence-electron chi connectivity index (χ3n) is 2.37. The van der Waals surface area contributed by atoms with Crippen molar-refractivity contribution in [2.75, 3.05) is 5.73 Å². The molecule has 0 saturated heterocycles. The highest BCUT2D eigenvalue weighted by Crippen LogP contribution is 2.10. The molecule has 2 aromatic rings.